The summed E-state index contributed by atoms with van der Waals surface area (Å²) in [5.41, 5.74) is 0. The van der Waals surface area contributed by atoms with Gasteiger partial charge in [0, 0.05) is 19.3 Å². The Kier molecular flexibility index (Phi) is 64.2. The van der Waals surface area contributed by atoms with Crippen molar-refractivity contribution in [1.29, 1.82) is 0 Å². The zero-order valence-corrected chi connectivity index (χ0v) is 52.4. The van der Waals surface area contributed by atoms with Gasteiger partial charge in [-0.1, -0.05) is 337 Å². The Balaban J connectivity index is 4.38. The van der Waals surface area contributed by atoms with Crippen LogP contribution < -0.4 is 0 Å². The monoisotopic (exact) mass is 1100 g/mol. The first-order valence-electron chi connectivity index (χ1n) is 34.1. The van der Waals surface area contributed by atoms with Crippen LogP contribution in [-0.4, -0.2) is 37.2 Å². The Bertz CT molecular complexity index is 1500. The van der Waals surface area contributed by atoms with Gasteiger partial charge in [-0.25, -0.2) is 0 Å². The van der Waals surface area contributed by atoms with Crippen molar-refractivity contribution in [2.45, 2.75) is 348 Å². The van der Waals surface area contributed by atoms with Crippen molar-refractivity contribution in [2.24, 2.45) is 0 Å². The fraction of sp³-hybridized carbons (Fsp3) is 0.767. The normalized spacial score (nSPS) is 12.6. The molecule has 0 aliphatic carbocycles. The average Bonchev–Trinajstić information content (AvgIpc) is 3.45. The Morgan fingerprint density at radius 2 is 0.494 bits per heavy atom. The Morgan fingerprint density at radius 1 is 0.266 bits per heavy atom. The van der Waals surface area contributed by atoms with Crippen molar-refractivity contribution < 1.29 is 28.6 Å². The standard InChI is InChI=1S/C73H128O6/c1-4-7-10-13-16-19-22-25-28-30-32-34-36-38-39-41-43-45-48-51-54-57-60-63-66-72(75)78-69-70(68-77-71(74)65-62-59-56-53-50-47-27-24-21-18-15-12-9-6-3)79-73(76)67-64-61-58-55-52-49-46-44-42-40-37-35-33-31-29-26-23-20-17-14-11-8-5-2/h8,11,17,20,26,29,33,35,40,42,46,49,55,58,70H,4-7,9-10,12-16,18-19,21-25,27-28,30-32,34,36-39,41,43-45,47-48,50-54,56-57,59-69H2,1-3H3/b11-8-,20-17-,29-26-,35-33-,42-40-,49-46-,58-55-. The third-order valence-electron chi connectivity index (χ3n) is 14.9. The van der Waals surface area contributed by atoms with Crippen LogP contribution in [0.3, 0.4) is 0 Å². The fourth-order valence-corrected chi connectivity index (χ4v) is 9.85. The van der Waals surface area contributed by atoms with E-state index >= 15 is 0 Å². The summed E-state index contributed by atoms with van der Waals surface area (Å²) in [7, 11) is 0. The molecule has 0 amide bonds. The lowest BCUT2D eigenvalue weighted by Crippen LogP contribution is -2.30. The van der Waals surface area contributed by atoms with Crippen molar-refractivity contribution >= 4 is 17.9 Å². The second-order valence-corrected chi connectivity index (χ2v) is 22.7. The smallest absolute Gasteiger partial charge is 0.306 e. The van der Waals surface area contributed by atoms with Crippen molar-refractivity contribution in [3.63, 3.8) is 0 Å². The van der Waals surface area contributed by atoms with Gasteiger partial charge in [-0.3, -0.25) is 14.4 Å². The highest BCUT2D eigenvalue weighted by Crippen LogP contribution is 2.18. The van der Waals surface area contributed by atoms with Crippen molar-refractivity contribution in [3.8, 4) is 0 Å². The van der Waals surface area contributed by atoms with Gasteiger partial charge in [0.25, 0.3) is 0 Å². The molecule has 0 aromatic heterocycles. The molecule has 0 bridgehead atoms. The topological polar surface area (TPSA) is 78.9 Å². The molecule has 0 saturated heterocycles. The van der Waals surface area contributed by atoms with Crippen molar-refractivity contribution in [2.75, 3.05) is 13.2 Å². The second-order valence-electron chi connectivity index (χ2n) is 22.7. The van der Waals surface area contributed by atoms with E-state index in [0.29, 0.717) is 19.3 Å². The number of allylic oxidation sites excluding steroid dienone is 14. The predicted octanol–water partition coefficient (Wildman–Crippen LogP) is 23.4. The van der Waals surface area contributed by atoms with E-state index in [9.17, 15) is 14.4 Å². The highest BCUT2D eigenvalue weighted by Gasteiger charge is 2.19. The van der Waals surface area contributed by atoms with Gasteiger partial charge < -0.3 is 14.2 Å². The molecule has 0 aliphatic rings. The molecule has 0 radical (unpaired) electrons. The van der Waals surface area contributed by atoms with Crippen LogP contribution in [0.2, 0.25) is 0 Å². The molecule has 6 heteroatoms. The minimum Gasteiger partial charge on any atom is -0.462 e. The van der Waals surface area contributed by atoms with Gasteiger partial charge in [0.05, 0.1) is 0 Å². The number of ether oxygens (including phenoxy) is 3. The van der Waals surface area contributed by atoms with Gasteiger partial charge >= 0.3 is 17.9 Å². The van der Waals surface area contributed by atoms with Gasteiger partial charge in [0.15, 0.2) is 6.10 Å². The Hall–Kier alpha value is -3.41. The van der Waals surface area contributed by atoms with E-state index < -0.39 is 6.10 Å². The Morgan fingerprint density at radius 3 is 0.759 bits per heavy atom. The molecule has 456 valence electrons. The predicted molar refractivity (Wildman–Crippen MR) is 344 cm³/mol. The molecular formula is C73H128O6. The number of unbranched alkanes of at least 4 members (excludes halogenated alkanes) is 37. The molecule has 0 aromatic carbocycles. The van der Waals surface area contributed by atoms with Crippen LogP contribution in [-0.2, 0) is 28.6 Å². The summed E-state index contributed by atoms with van der Waals surface area (Å²) in [6, 6.07) is 0. The summed E-state index contributed by atoms with van der Waals surface area (Å²) in [5, 5.41) is 0. The lowest BCUT2D eigenvalue weighted by atomic mass is 10.0. The maximum absolute atomic E-state index is 12.9. The summed E-state index contributed by atoms with van der Waals surface area (Å²) in [5.74, 6) is -0.936. The van der Waals surface area contributed by atoms with E-state index in [1.165, 1.54) is 205 Å². The third kappa shape index (κ3) is 65.3. The van der Waals surface area contributed by atoms with E-state index in [0.717, 1.165) is 89.9 Å². The number of carbonyl (C=O) groups excluding carboxylic acids is 3. The maximum atomic E-state index is 12.9. The summed E-state index contributed by atoms with van der Waals surface area (Å²) < 4.78 is 16.9. The van der Waals surface area contributed by atoms with Crippen LogP contribution in [0.5, 0.6) is 0 Å². The van der Waals surface area contributed by atoms with Gasteiger partial charge in [-0.2, -0.15) is 0 Å². The molecule has 0 fully saturated rings. The minimum atomic E-state index is -0.806. The quantitative estimate of drug-likeness (QED) is 0.0261. The maximum Gasteiger partial charge on any atom is 0.306 e. The number of esters is 3. The fourth-order valence-electron chi connectivity index (χ4n) is 9.85. The van der Waals surface area contributed by atoms with Crippen LogP contribution in [0.1, 0.15) is 342 Å². The van der Waals surface area contributed by atoms with Crippen LogP contribution in [0.4, 0.5) is 0 Å². The SMILES string of the molecule is CC/C=C\C/C=C\C/C=C\C/C=C\C/C=C\C/C=C\C/C=C\CCCC(=O)OC(COC(=O)CCCCCCCCCCCCCCCC)COC(=O)CCCCCCCCCCCCCCCCCCCCCCCCCC. The number of hydrogen-bond acceptors (Lipinski definition) is 6. The van der Waals surface area contributed by atoms with E-state index in [2.05, 4.69) is 106 Å². The molecule has 0 aromatic rings. The van der Waals surface area contributed by atoms with Crippen LogP contribution in [0.15, 0.2) is 85.1 Å². The molecular weight excluding hydrogens is 973 g/mol. The number of hydrogen-bond donors (Lipinski definition) is 0. The first kappa shape index (κ1) is 75.6. The van der Waals surface area contributed by atoms with Gasteiger partial charge in [0.2, 0.25) is 0 Å². The van der Waals surface area contributed by atoms with Crippen LogP contribution >= 0.6 is 0 Å². The molecule has 0 spiro atoms. The van der Waals surface area contributed by atoms with Gasteiger partial charge in [0.1, 0.15) is 13.2 Å². The molecule has 1 unspecified atom stereocenters. The third-order valence-corrected chi connectivity index (χ3v) is 14.9. The van der Waals surface area contributed by atoms with Crippen LogP contribution in [0.25, 0.3) is 0 Å². The van der Waals surface area contributed by atoms with E-state index in [4.69, 9.17) is 14.2 Å². The summed E-state index contributed by atoms with van der Waals surface area (Å²) >= 11 is 0. The zero-order chi connectivity index (χ0) is 57.1. The second kappa shape index (κ2) is 67.1. The summed E-state index contributed by atoms with van der Waals surface area (Å²) in [4.78, 5) is 38.4. The molecule has 0 aliphatic heterocycles. The highest BCUT2D eigenvalue weighted by atomic mass is 16.6. The molecule has 79 heavy (non-hydrogen) atoms. The zero-order valence-electron chi connectivity index (χ0n) is 52.4. The summed E-state index contributed by atoms with van der Waals surface area (Å²) in [6.07, 6.45) is 89.0. The van der Waals surface area contributed by atoms with E-state index in [1.54, 1.807) is 0 Å². The van der Waals surface area contributed by atoms with Gasteiger partial charge in [-0.05, 0) is 70.6 Å². The highest BCUT2D eigenvalue weighted by molar-refractivity contribution is 5.71. The molecule has 0 N–H and O–H groups in total. The lowest BCUT2D eigenvalue weighted by molar-refractivity contribution is -0.167. The van der Waals surface area contributed by atoms with Crippen molar-refractivity contribution in [1.82, 2.24) is 0 Å². The lowest BCUT2D eigenvalue weighted by Gasteiger charge is -2.18. The number of carbonyl (C=O) groups is 3. The molecule has 0 rings (SSSR count). The first-order valence-corrected chi connectivity index (χ1v) is 34.1. The van der Waals surface area contributed by atoms with Gasteiger partial charge in [-0.15, -0.1) is 0 Å². The molecule has 1 atom stereocenters. The summed E-state index contributed by atoms with van der Waals surface area (Å²) in [6.45, 7) is 6.53. The average molecular weight is 1100 g/mol. The van der Waals surface area contributed by atoms with Crippen molar-refractivity contribution in [3.05, 3.63) is 85.1 Å². The van der Waals surface area contributed by atoms with Crippen LogP contribution in [0, 0.1) is 0 Å². The Labute approximate surface area is 490 Å². The molecule has 0 saturated carbocycles. The van der Waals surface area contributed by atoms with E-state index in [-0.39, 0.29) is 37.5 Å². The largest absolute Gasteiger partial charge is 0.462 e. The molecule has 6 nitrogen and oxygen atoms in total. The van der Waals surface area contributed by atoms with E-state index in [1.807, 2.05) is 0 Å². The number of rotatable bonds is 62. The molecule has 0 heterocycles. The minimum absolute atomic E-state index is 0.0953. The first-order chi connectivity index (χ1) is 39.0.